The molecule has 0 spiro atoms. The van der Waals surface area contributed by atoms with Crippen LogP contribution < -0.4 is 0 Å². The summed E-state index contributed by atoms with van der Waals surface area (Å²) >= 11 is 0. The van der Waals surface area contributed by atoms with E-state index >= 15 is 0 Å². The molecule has 0 saturated heterocycles. The lowest BCUT2D eigenvalue weighted by Gasteiger charge is -2.15. The van der Waals surface area contributed by atoms with Gasteiger partial charge in [-0.05, 0) is 43.0 Å². The minimum Gasteiger partial charge on any atom is -0.479 e. The number of carboxylic acids is 1. The maximum atomic E-state index is 11.0. The maximum Gasteiger partial charge on any atom is 0.337 e. The number of carbonyl (C=O) groups is 1. The topological polar surface area (TPSA) is 46.5 Å². The van der Waals surface area contributed by atoms with Gasteiger partial charge in [-0.25, -0.2) is 4.79 Å². The largest absolute Gasteiger partial charge is 0.479 e. The molecule has 0 heterocycles. The molecular formula is C12H16O3. The summed E-state index contributed by atoms with van der Waals surface area (Å²) in [7, 11) is 1.41. The first-order chi connectivity index (χ1) is 6.97. The van der Waals surface area contributed by atoms with E-state index in [-0.39, 0.29) is 0 Å². The van der Waals surface area contributed by atoms with Gasteiger partial charge >= 0.3 is 5.97 Å². The molecule has 0 saturated carbocycles. The fourth-order valence-corrected chi connectivity index (χ4v) is 1.63. The van der Waals surface area contributed by atoms with Crippen LogP contribution >= 0.6 is 0 Å². The highest BCUT2D eigenvalue weighted by atomic mass is 16.5. The van der Waals surface area contributed by atoms with E-state index in [0.717, 1.165) is 22.3 Å². The molecule has 0 aliphatic rings. The summed E-state index contributed by atoms with van der Waals surface area (Å²) in [5.74, 6) is -0.955. The van der Waals surface area contributed by atoms with Crippen LogP contribution in [0.15, 0.2) is 12.1 Å². The molecule has 1 aromatic rings. The average molecular weight is 208 g/mol. The van der Waals surface area contributed by atoms with E-state index in [2.05, 4.69) is 0 Å². The lowest BCUT2D eigenvalue weighted by Crippen LogP contribution is -2.15. The Hall–Kier alpha value is -1.35. The smallest absolute Gasteiger partial charge is 0.337 e. The predicted molar refractivity (Wildman–Crippen MR) is 58.0 cm³/mol. The van der Waals surface area contributed by atoms with Crippen LogP contribution in [0.5, 0.6) is 0 Å². The van der Waals surface area contributed by atoms with E-state index in [9.17, 15) is 4.79 Å². The van der Waals surface area contributed by atoms with Crippen molar-refractivity contribution in [3.05, 3.63) is 34.4 Å². The summed E-state index contributed by atoms with van der Waals surface area (Å²) in [6, 6.07) is 3.87. The highest BCUT2D eigenvalue weighted by molar-refractivity contribution is 5.75. The SMILES string of the molecule is COC(C(=O)O)c1cc(C)c(C)cc1C. The Morgan fingerprint density at radius 2 is 1.73 bits per heavy atom. The van der Waals surface area contributed by atoms with Gasteiger partial charge in [0.25, 0.3) is 0 Å². The zero-order valence-corrected chi connectivity index (χ0v) is 9.50. The zero-order valence-electron chi connectivity index (χ0n) is 9.50. The Labute approximate surface area is 89.7 Å². The molecule has 82 valence electrons. The molecule has 1 aromatic carbocycles. The van der Waals surface area contributed by atoms with E-state index < -0.39 is 12.1 Å². The third-order valence-electron chi connectivity index (χ3n) is 2.62. The van der Waals surface area contributed by atoms with Crippen LogP contribution in [-0.4, -0.2) is 18.2 Å². The summed E-state index contributed by atoms with van der Waals surface area (Å²) in [6.45, 7) is 5.87. The second-order valence-electron chi connectivity index (χ2n) is 3.75. The van der Waals surface area contributed by atoms with Gasteiger partial charge in [-0.3, -0.25) is 0 Å². The van der Waals surface area contributed by atoms with Gasteiger partial charge in [0, 0.05) is 7.11 Å². The van der Waals surface area contributed by atoms with Crippen molar-refractivity contribution in [2.24, 2.45) is 0 Å². The molecule has 15 heavy (non-hydrogen) atoms. The van der Waals surface area contributed by atoms with Crippen LogP contribution in [0.25, 0.3) is 0 Å². The molecule has 3 nitrogen and oxygen atoms in total. The van der Waals surface area contributed by atoms with Gasteiger partial charge < -0.3 is 9.84 Å². The Morgan fingerprint density at radius 3 is 2.20 bits per heavy atom. The monoisotopic (exact) mass is 208 g/mol. The number of hydrogen-bond acceptors (Lipinski definition) is 2. The molecule has 0 radical (unpaired) electrons. The molecule has 3 heteroatoms. The van der Waals surface area contributed by atoms with Gasteiger partial charge in [-0.1, -0.05) is 12.1 Å². The highest BCUT2D eigenvalue weighted by Crippen LogP contribution is 2.24. The molecule has 0 aromatic heterocycles. The molecule has 0 fully saturated rings. The van der Waals surface area contributed by atoms with E-state index in [0.29, 0.717) is 0 Å². The minimum atomic E-state index is -0.955. The maximum absolute atomic E-state index is 11.0. The number of hydrogen-bond donors (Lipinski definition) is 1. The van der Waals surface area contributed by atoms with Crippen molar-refractivity contribution in [3.63, 3.8) is 0 Å². The molecular weight excluding hydrogens is 192 g/mol. The van der Waals surface area contributed by atoms with Gasteiger partial charge in [0.15, 0.2) is 6.10 Å². The van der Waals surface area contributed by atoms with Crippen molar-refractivity contribution in [3.8, 4) is 0 Å². The average Bonchev–Trinajstić information content (AvgIpc) is 2.14. The van der Waals surface area contributed by atoms with Crippen LogP contribution in [0.3, 0.4) is 0 Å². The molecule has 1 rings (SSSR count). The van der Waals surface area contributed by atoms with Crippen LogP contribution in [-0.2, 0) is 9.53 Å². The van der Waals surface area contributed by atoms with Gasteiger partial charge in [-0.15, -0.1) is 0 Å². The summed E-state index contributed by atoms with van der Waals surface area (Å²) in [4.78, 5) is 11.0. The fourth-order valence-electron chi connectivity index (χ4n) is 1.63. The zero-order chi connectivity index (χ0) is 11.6. The van der Waals surface area contributed by atoms with Crippen molar-refractivity contribution >= 4 is 5.97 Å². The molecule has 1 atom stereocenters. The van der Waals surface area contributed by atoms with Crippen LogP contribution in [0.2, 0.25) is 0 Å². The summed E-state index contributed by atoms with van der Waals surface area (Å²) in [5, 5.41) is 8.99. The quantitative estimate of drug-likeness (QED) is 0.829. The molecule has 0 aliphatic carbocycles. The Morgan fingerprint density at radius 1 is 1.20 bits per heavy atom. The van der Waals surface area contributed by atoms with E-state index in [1.54, 1.807) is 0 Å². The second-order valence-corrected chi connectivity index (χ2v) is 3.75. The molecule has 0 aliphatic heterocycles. The first kappa shape index (κ1) is 11.7. The third kappa shape index (κ3) is 2.36. The van der Waals surface area contributed by atoms with E-state index in [1.807, 2.05) is 32.9 Å². The minimum absolute atomic E-state index is 0.730. The Kier molecular flexibility index (Phi) is 3.48. The molecule has 1 N–H and O–H groups in total. The fraction of sp³-hybridized carbons (Fsp3) is 0.417. The summed E-state index contributed by atoms with van der Waals surface area (Å²) < 4.78 is 4.97. The first-order valence-corrected chi connectivity index (χ1v) is 4.80. The van der Waals surface area contributed by atoms with Crippen molar-refractivity contribution < 1.29 is 14.6 Å². The first-order valence-electron chi connectivity index (χ1n) is 4.80. The van der Waals surface area contributed by atoms with Crippen LogP contribution in [0.4, 0.5) is 0 Å². The Bertz CT molecular complexity index is 383. The number of carboxylic acid groups (broad SMARTS) is 1. The second kappa shape index (κ2) is 4.45. The highest BCUT2D eigenvalue weighted by Gasteiger charge is 2.21. The van der Waals surface area contributed by atoms with Crippen LogP contribution in [0, 0.1) is 20.8 Å². The van der Waals surface area contributed by atoms with Crippen molar-refractivity contribution in [2.75, 3.05) is 7.11 Å². The normalized spacial score (nSPS) is 12.5. The molecule has 0 amide bonds. The number of rotatable bonds is 3. The predicted octanol–water partition coefficient (Wildman–Crippen LogP) is 2.38. The summed E-state index contributed by atoms with van der Waals surface area (Å²) in [6.07, 6.45) is -0.871. The standard InChI is InChI=1S/C12H16O3/c1-7-5-9(3)10(6-8(7)2)11(15-4)12(13)14/h5-6,11H,1-4H3,(H,13,14). The van der Waals surface area contributed by atoms with Crippen molar-refractivity contribution in [1.29, 1.82) is 0 Å². The Balaban J connectivity index is 3.24. The van der Waals surface area contributed by atoms with Crippen molar-refractivity contribution in [2.45, 2.75) is 26.9 Å². The van der Waals surface area contributed by atoms with Gasteiger partial charge in [0.2, 0.25) is 0 Å². The number of benzene rings is 1. The van der Waals surface area contributed by atoms with Crippen molar-refractivity contribution in [1.82, 2.24) is 0 Å². The van der Waals surface area contributed by atoms with E-state index in [4.69, 9.17) is 9.84 Å². The van der Waals surface area contributed by atoms with Crippen LogP contribution in [0.1, 0.15) is 28.4 Å². The molecule has 1 unspecified atom stereocenters. The number of aryl methyl sites for hydroxylation is 3. The number of ether oxygens (including phenoxy) is 1. The summed E-state index contributed by atoms with van der Waals surface area (Å²) in [5.41, 5.74) is 3.93. The number of aliphatic carboxylic acids is 1. The lowest BCUT2D eigenvalue weighted by atomic mass is 9.97. The third-order valence-corrected chi connectivity index (χ3v) is 2.62. The number of methoxy groups -OCH3 is 1. The molecule has 0 bridgehead atoms. The lowest BCUT2D eigenvalue weighted by molar-refractivity contribution is -0.148. The van der Waals surface area contributed by atoms with Gasteiger partial charge in [0.1, 0.15) is 0 Å². The van der Waals surface area contributed by atoms with Gasteiger partial charge in [-0.2, -0.15) is 0 Å². The van der Waals surface area contributed by atoms with E-state index in [1.165, 1.54) is 7.11 Å². The van der Waals surface area contributed by atoms with Gasteiger partial charge in [0.05, 0.1) is 0 Å².